The van der Waals surface area contributed by atoms with Crippen molar-refractivity contribution < 1.29 is 18.7 Å². The van der Waals surface area contributed by atoms with E-state index in [0.29, 0.717) is 36.2 Å². The molecule has 0 bridgehead atoms. The topological polar surface area (TPSA) is 139 Å². The SMILES string of the molecule is CC(C)C(=N)c1c(-c2cnc(N3CCC(C#N)CC3)nc2)cc(C(=O)O)nc1Nc1ccc(F)cc1F. The lowest BCUT2D eigenvalue weighted by atomic mass is 9.92. The Bertz CT molecular complexity index is 1380. The number of rotatable bonds is 7. The highest BCUT2D eigenvalue weighted by atomic mass is 19.1. The molecular weight excluding hydrogens is 480 g/mol. The van der Waals surface area contributed by atoms with Crippen LogP contribution >= 0.6 is 0 Å². The van der Waals surface area contributed by atoms with Crippen LogP contribution in [0.5, 0.6) is 0 Å². The van der Waals surface area contributed by atoms with Crippen LogP contribution in [-0.4, -0.2) is 44.8 Å². The highest BCUT2D eigenvalue weighted by molar-refractivity contribution is 6.10. The van der Waals surface area contributed by atoms with Crippen LogP contribution in [-0.2, 0) is 0 Å². The summed E-state index contributed by atoms with van der Waals surface area (Å²) in [6.45, 7) is 4.89. The normalized spacial score (nSPS) is 13.9. The number of aromatic nitrogens is 3. The Balaban J connectivity index is 1.79. The molecule has 9 nitrogen and oxygen atoms in total. The molecule has 3 N–H and O–H groups in total. The van der Waals surface area contributed by atoms with Gasteiger partial charge in [-0.2, -0.15) is 5.26 Å². The quantitative estimate of drug-likeness (QED) is 0.380. The number of carboxylic acids is 1. The van der Waals surface area contributed by atoms with Crippen molar-refractivity contribution in [2.45, 2.75) is 26.7 Å². The molecule has 3 heterocycles. The summed E-state index contributed by atoms with van der Waals surface area (Å²) in [7, 11) is 0. The molecule has 0 amide bonds. The predicted molar refractivity (Wildman–Crippen MR) is 134 cm³/mol. The second-order valence-electron chi connectivity index (χ2n) is 9.06. The van der Waals surface area contributed by atoms with Gasteiger partial charge in [0, 0.05) is 54.3 Å². The van der Waals surface area contributed by atoms with Gasteiger partial charge in [-0.1, -0.05) is 13.8 Å². The van der Waals surface area contributed by atoms with E-state index in [1.807, 2.05) is 4.90 Å². The van der Waals surface area contributed by atoms with Gasteiger partial charge in [0.15, 0.2) is 5.69 Å². The second-order valence-corrected chi connectivity index (χ2v) is 9.06. The summed E-state index contributed by atoms with van der Waals surface area (Å²) in [5, 5.41) is 30.3. The van der Waals surface area contributed by atoms with Crippen molar-refractivity contribution in [1.82, 2.24) is 15.0 Å². The Hall–Kier alpha value is -4.46. The molecule has 1 aromatic carbocycles. The van der Waals surface area contributed by atoms with Crippen LogP contribution in [0.25, 0.3) is 11.1 Å². The van der Waals surface area contributed by atoms with E-state index >= 15 is 0 Å². The number of benzene rings is 1. The molecule has 0 unspecified atom stereocenters. The largest absolute Gasteiger partial charge is 0.477 e. The second kappa shape index (κ2) is 10.7. The molecule has 1 aliphatic heterocycles. The summed E-state index contributed by atoms with van der Waals surface area (Å²) >= 11 is 0. The molecule has 190 valence electrons. The first-order chi connectivity index (χ1) is 17.7. The van der Waals surface area contributed by atoms with Crippen molar-refractivity contribution in [2.24, 2.45) is 11.8 Å². The van der Waals surface area contributed by atoms with Gasteiger partial charge in [-0.25, -0.2) is 28.5 Å². The van der Waals surface area contributed by atoms with Crippen LogP contribution in [0.2, 0.25) is 0 Å². The average molecular weight is 506 g/mol. The first-order valence-corrected chi connectivity index (χ1v) is 11.7. The van der Waals surface area contributed by atoms with Crippen LogP contribution in [0.1, 0.15) is 42.7 Å². The van der Waals surface area contributed by atoms with Gasteiger partial charge in [-0.3, -0.25) is 0 Å². The number of nitriles is 1. The van der Waals surface area contributed by atoms with E-state index < -0.39 is 17.6 Å². The molecule has 2 aromatic heterocycles. The maximum atomic E-state index is 14.4. The molecular formula is C26H25F2N7O2. The highest BCUT2D eigenvalue weighted by Gasteiger charge is 2.25. The van der Waals surface area contributed by atoms with E-state index in [0.717, 1.165) is 18.9 Å². The van der Waals surface area contributed by atoms with E-state index in [4.69, 9.17) is 10.7 Å². The van der Waals surface area contributed by atoms with Gasteiger partial charge in [0.05, 0.1) is 11.8 Å². The van der Waals surface area contributed by atoms with Crippen molar-refractivity contribution >= 4 is 29.1 Å². The number of carboxylic acid groups (broad SMARTS) is 1. The summed E-state index contributed by atoms with van der Waals surface area (Å²) in [5.41, 5.74) is 0.729. The molecule has 0 saturated carbocycles. The lowest BCUT2D eigenvalue weighted by Gasteiger charge is -2.29. The number of nitrogens with zero attached hydrogens (tertiary/aromatic N) is 5. The lowest BCUT2D eigenvalue weighted by molar-refractivity contribution is 0.0690. The Morgan fingerprint density at radius 1 is 1.22 bits per heavy atom. The molecule has 0 atom stereocenters. The van der Waals surface area contributed by atoms with E-state index in [9.17, 15) is 18.7 Å². The molecule has 1 aliphatic rings. The number of piperidine rings is 1. The van der Waals surface area contributed by atoms with Gasteiger partial charge >= 0.3 is 5.97 Å². The van der Waals surface area contributed by atoms with Crippen LogP contribution in [0, 0.1) is 40.2 Å². The van der Waals surface area contributed by atoms with E-state index in [-0.39, 0.29) is 40.3 Å². The number of aromatic carboxylic acids is 1. The summed E-state index contributed by atoms with van der Waals surface area (Å²) < 4.78 is 27.9. The highest BCUT2D eigenvalue weighted by Crippen LogP contribution is 2.33. The average Bonchev–Trinajstić information content (AvgIpc) is 2.89. The zero-order valence-corrected chi connectivity index (χ0v) is 20.3. The van der Waals surface area contributed by atoms with Crippen LogP contribution in [0.15, 0.2) is 36.7 Å². The third kappa shape index (κ3) is 5.53. The Labute approximate surface area is 212 Å². The van der Waals surface area contributed by atoms with E-state index in [2.05, 4.69) is 26.3 Å². The molecule has 3 aromatic rings. The molecule has 0 spiro atoms. The minimum atomic E-state index is -1.32. The predicted octanol–water partition coefficient (Wildman–Crippen LogP) is 5.02. The first-order valence-electron chi connectivity index (χ1n) is 11.7. The minimum Gasteiger partial charge on any atom is -0.477 e. The number of hydrogen-bond donors (Lipinski definition) is 3. The van der Waals surface area contributed by atoms with Crippen LogP contribution in [0.4, 0.5) is 26.2 Å². The number of hydrogen-bond acceptors (Lipinski definition) is 8. The minimum absolute atomic E-state index is 0.0169. The van der Waals surface area contributed by atoms with Gasteiger partial charge < -0.3 is 20.7 Å². The van der Waals surface area contributed by atoms with Gasteiger partial charge in [0.2, 0.25) is 5.95 Å². The fraction of sp³-hybridized carbons (Fsp3) is 0.308. The van der Waals surface area contributed by atoms with Crippen molar-refractivity contribution in [2.75, 3.05) is 23.3 Å². The summed E-state index contributed by atoms with van der Waals surface area (Å²) in [6, 6.07) is 6.55. The molecule has 1 fully saturated rings. The molecule has 37 heavy (non-hydrogen) atoms. The zero-order valence-electron chi connectivity index (χ0n) is 20.3. The Morgan fingerprint density at radius 3 is 2.46 bits per heavy atom. The number of carbonyl (C=O) groups is 1. The summed E-state index contributed by atoms with van der Waals surface area (Å²) in [5.74, 6) is -2.80. The Morgan fingerprint density at radius 2 is 1.89 bits per heavy atom. The maximum Gasteiger partial charge on any atom is 0.354 e. The smallest absolute Gasteiger partial charge is 0.354 e. The maximum absolute atomic E-state index is 14.4. The number of anilines is 3. The fourth-order valence-corrected chi connectivity index (χ4v) is 4.08. The van der Waals surface area contributed by atoms with Crippen molar-refractivity contribution in [1.29, 1.82) is 10.7 Å². The van der Waals surface area contributed by atoms with Gasteiger partial charge in [-0.15, -0.1) is 0 Å². The van der Waals surface area contributed by atoms with Crippen molar-refractivity contribution in [3.8, 4) is 17.2 Å². The molecule has 1 saturated heterocycles. The van der Waals surface area contributed by atoms with E-state index in [1.165, 1.54) is 12.1 Å². The first kappa shape index (κ1) is 25.6. The molecule has 0 aliphatic carbocycles. The molecule has 11 heteroatoms. The molecule has 0 radical (unpaired) electrons. The third-order valence-electron chi connectivity index (χ3n) is 6.18. The summed E-state index contributed by atoms with van der Waals surface area (Å²) in [6.07, 6.45) is 4.52. The van der Waals surface area contributed by atoms with E-state index in [1.54, 1.807) is 26.2 Å². The lowest BCUT2D eigenvalue weighted by Crippen LogP contribution is -2.34. The standard InChI is InChI=1S/C26H25F2N7O2/c1-14(2)23(30)22-18(16-12-31-26(32-13-16)35-7-5-15(11-29)6-8-35)10-21(25(36)37)34-24(22)33-20-4-3-17(27)9-19(20)28/h3-4,9-10,12-15,30H,5-8H2,1-2H3,(H,33,34)(H,36,37). The Kier molecular flexibility index (Phi) is 7.38. The van der Waals surface area contributed by atoms with Crippen LogP contribution in [0.3, 0.4) is 0 Å². The van der Waals surface area contributed by atoms with Gasteiger partial charge in [0.25, 0.3) is 0 Å². The van der Waals surface area contributed by atoms with Crippen molar-refractivity contribution in [3.05, 3.63) is 59.6 Å². The fourth-order valence-electron chi connectivity index (χ4n) is 4.08. The third-order valence-corrected chi connectivity index (χ3v) is 6.18. The number of halogens is 2. The molecule has 4 rings (SSSR count). The summed E-state index contributed by atoms with van der Waals surface area (Å²) in [4.78, 5) is 26.9. The van der Waals surface area contributed by atoms with Gasteiger partial charge in [-0.05, 0) is 42.5 Å². The number of pyridine rings is 1. The van der Waals surface area contributed by atoms with Gasteiger partial charge in [0.1, 0.15) is 17.5 Å². The monoisotopic (exact) mass is 505 g/mol. The van der Waals surface area contributed by atoms with Crippen LogP contribution < -0.4 is 10.2 Å². The van der Waals surface area contributed by atoms with Crippen molar-refractivity contribution in [3.63, 3.8) is 0 Å². The number of nitrogens with one attached hydrogen (secondary N) is 2. The zero-order chi connectivity index (χ0) is 26.7.